The van der Waals surface area contributed by atoms with E-state index in [1.165, 1.54) is 0 Å². The summed E-state index contributed by atoms with van der Waals surface area (Å²) in [6.07, 6.45) is -4.68. The molecule has 340 valence electrons. The van der Waals surface area contributed by atoms with Gasteiger partial charge in [0.05, 0.1) is 43.9 Å². The maximum atomic E-state index is 15.0. The Hall–Kier alpha value is -5.75. The number of anilines is 1. The molecule has 2 aromatic carbocycles. The van der Waals surface area contributed by atoms with Gasteiger partial charge in [-0.2, -0.15) is 22.0 Å². The van der Waals surface area contributed by atoms with Gasteiger partial charge < -0.3 is 41.2 Å². The Morgan fingerprint density at radius 3 is 2.21 bits per heavy atom. The molecule has 0 bridgehead atoms. The number of hydrogen-bond acceptors (Lipinski definition) is 11. The largest absolute Gasteiger partial charge is 0.453 e. The van der Waals surface area contributed by atoms with E-state index in [0.717, 1.165) is 70.5 Å². The van der Waals surface area contributed by atoms with Gasteiger partial charge in [0.25, 0.3) is 0 Å². The molecule has 3 atom stereocenters. The number of methoxy groups -OCH3 is 1. The van der Waals surface area contributed by atoms with E-state index in [-0.39, 0.29) is 17.7 Å². The van der Waals surface area contributed by atoms with E-state index in [4.69, 9.17) is 10.5 Å². The van der Waals surface area contributed by atoms with Crippen molar-refractivity contribution >= 4 is 29.7 Å². The van der Waals surface area contributed by atoms with Gasteiger partial charge in [-0.25, -0.2) is 23.6 Å². The first-order chi connectivity index (χ1) is 29.9. The lowest BCUT2D eigenvalue weighted by Crippen LogP contribution is -2.62. The van der Waals surface area contributed by atoms with E-state index >= 15 is 8.78 Å². The zero-order valence-corrected chi connectivity index (χ0v) is 34.7. The number of amides is 2. The number of piperazine rings is 1. The third-order valence-corrected chi connectivity index (χ3v) is 10.8. The van der Waals surface area contributed by atoms with E-state index in [0.29, 0.717) is 42.8 Å². The number of aliphatic imine (C=N–C) groups is 1. The molecule has 1 aromatic heterocycles. The number of carbonyl (C=O) groups excluding carboxylic acids is 2. The summed E-state index contributed by atoms with van der Waals surface area (Å²) in [7, 11) is 0.913. The van der Waals surface area contributed by atoms with Gasteiger partial charge in [0.15, 0.2) is 0 Å². The summed E-state index contributed by atoms with van der Waals surface area (Å²) < 4.78 is 107. The number of aromatic nitrogens is 1. The molecule has 0 unspecified atom stereocenters. The van der Waals surface area contributed by atoms with Crippen LogP contribution >= 0.6 is 0 Å². The number of aliphatic hydroxyl groups excluding tert-OH is 1. The number of nitrogens with zero attached hydrogens (tertiary/aromatic N) is 4. The monoisotopic (exact) mass is 890 g/mol. The van der Waals surface area contributed by atoms with Crippen molar-refractivity contribution < 1.29 is 54.9 Å². The summed E-state index contributed by atoms with van der Waals surface area (Å²) in [6.45, 7) is 2.61. The average Bonchev–Trinajstić information content (AvgIpc) is 3.22. The number of allylic oxidation sites excluding steroid dienone is 1. The number of pyridine rings is 1. The lowest BCUT2D eigenvalue weighted by Gasteiger charge is -2.42. The molecular formula is C43H49F7N8O5. The predicted octanol–water partition coefficient (Wildman–Crippen LogP) is 4.36. The minimum Gasteiger partial charge on any atom is -0.453 e. The maximum Gasteiger partial charge on any atom is 0.407 e. The molecule has 0 radical (unpaired) electrons. The molecule has 2 saturated heterocycles. The van der Waals surface area contributed by atoms with Crippen LogP contribution in [-0.4, -0.2) is 123 Å². The second-order valence-electron chi connectivity index (χ2n) is 15.5. The summed E-state index contributed by atoms with van der Waals surface area (Å²) in [5.41, 5.74) is 3.84. The van der Waals surface area contributed by atoms with E-state index in [1.54, 1.807) is 30.5 Å². The lowest BCUT2D eigenvalue weighted by molar-refractivity contribution is -0.220. The maximum absolute atomic E-state index is 15.0. The number of alkyl carbamates (subject to hydrolysis) is 1. The molecule has 2 aliphatic heterocycles. The Labute approximate surface area is 359 Å². The van der Waals surface area contributed by atoms with Crippen molar-refractivity contribution in [3.63, 3.8) is 0 Å². The highest BCUT2D eigenvalue weighted by atomic mass is 19.4. The number of ether oxygens (including phenoxy) is 2. The second-order valence-corrected chi connectivity index (χ2v) is 15.5. The van der Waals surface area contributed by atoms with Gasteiger partial charge in [0.2, 0.25) is 5.91 Å². The van der Waals surface area contributed by atoms with Crippen LogP contribution in [-0.2, 0) is 27.2 Å². The fourth-order valence-corrected chi connectivity index (χ4v) is 6.69. The number of nitrogens with two attached hydrogens (primary N) is 1. The number of rotatable bonds is 16. The van der Waals surface area contributed by atoms with Crippen molar-refractivity contribution in [2.45, 2.75) is 63.8 Å². The third-order valence-electron chi connectivity index (χ3n) is 10.8. The highest BCUT2D eigenvalue weighted by Crippen LogP contribution is 2.40. The van der Waals surface area contributed by atoms with Crippen LogP contribution in [0.2, 0.25) is 0 Å². The van der Waals surface area contributed by atoms with Crippen molar-refractivity contribution in [2.75, 3.05) is 57.9 Å². The van der Waals surface area contributed by atoms with Crippen LogP contribution in [0.1, 0.15) is 41.7 Å². The summed E-state index contributed by atoms with van der Waals surface area (Å²) >= 11 is 0. The Morgan fingerprint density at radius 1 is 1.02 bits per heavy atom. The number of nitrogens with one attached hydrogen (secondary N) is 3. The van der Waals surface area contributed by atoms with Crippen LogP contribution in [0.4, 0.5) is 41.3 Å². The molecule has 2 aliphatic rings. The average molecular weight is 891 g/mol. The van der Waals surface area contributed by atoms with Crippen LogP contribution in [0.3, 0.4) is 0 Å². The number of halogens is 7. The number of benzene rings is 2. The Morgan fingerprint density at radius 2 is 1.65 bits per heavy atom. The number of hydrogen-bond donors (Lipinski definition) is 5. The molecule has 20 heteroatoms. The number of carbonyl (C=O) groups is 2. The van der Waals surface area contributed by atoms with Crippen LogP contribution < -0.4 is 26.6 Å². The first-order valence-electron chi connectivity index (χ1n) is 19.9. The first kappa shape index (κ1) is 48.3. The summed E-state index contributed by atoms with van der Waals surface area (Å²) in [4.78, 5) is 37.8. The summed E-state index contributed by atoms with van der Waals surface area (Å²) in [6, 6.07) is 9.16. The normalized spacial score (nSPS) is 16.8. The van der Waals surface area contributed by atoms with Crippen molar-refractivity contribution in [3.8, 4) is 11.8 Å². The fourth-order valence-electron chi connectivity index (χ4n) is 6.69. The highest BCUT2D eigenvalue weighted by molar-refractivity contribution is 5.87. The van der Waals surface area contributed by atoms with Crippen LogP contribution in [0.5, 0.6) is 0 Å². The van der Waals surface area contributed by atoms with Gasteiger partial charge in [-0.3, -0.25) is 9.69 Å². The SMILES string of the molecule is COC(=O)N[C@H](C(=O)N[C@@H](Cc1ccc(C#Cc2ccc(N3CCN(C4COC4)CC3)nc2)cc1)[C@@H](O)CNCc1c(F)cc(C(N)=CC=NC(F)F)cc1F)C(C)(C)C(F)(F)F. The number of alkyl halides is 5. The molecule has 6 N–H and O–H groups in total. The van der Waals surface area contributed by atoms with Gasteiger partial charge >= 0.3 is 18.8 Å². The quantitative estimate of drug-likeness (QED) is 0.0604. The van der Waals surface area contributed by atoms with Crippen molar-refractivity contribution in [2.24, 2.45) is 16.1 Å². The zero-order chi connectivity index (χ0) is 45.9. The van der Waals surface area contributed by atoms with E-state index in [2.05, 4.69) is 47.0 Å². The summed E-state index contributed by atoms with van der Waals surface area (Å²) in [5.74, 6) is 3.56. The highest BCUT2D eigenvalue weighted by Gasteiger charge is 2.56. The topological polar surface area (TPSA) is 167 Å². The third kappa shape index (κ3) is 13.1. The molecule has 0 saturated carbocycles. The predicted molar refractivity (Wildman–Crippen MR) is 221 cm³/mol. The fraction of sp³-hybridized carbons (Fsp3) is 0.442. The van der Waals surface area contributed by atoms with Gasteiger partial charge in [0, 0.05) is 79.6 Å². The zero-order valence-electron chi connectivity index (χ0n) is 34.7. The molecule has 3 aromatic rings. The minimum atomic E-state index is -4.98. The number of aliphatic hydroxyl groups is 1. The van der Waals surface area contributed by atoms with Crippen LogP contribution in [0.25, 0.3) is 5.70 Å². The van der Waals surface area contributed by atoms with E-state index in [1.807, 2.05) is 17.4 Å². The summed E-state index contributed by atoms with van der Waals surface area (Å²) in [5, 5.41) is 18.4. The molecule has 5 rings (SSSR count). The van der Waals surface area contributed by atoms with Crippen LogP contribution in [0.15, 0.2) is 65.8 Å². The molecule has 3 heterocycles. The van der Waals surface area contributed by atoms with E-state index in [9.17, 15) is 36.6 Å². The van der Waals surface area contributed by atoms with Crippen molar-refractivity contribution in [1.82, 2.24) is 25.8 Å². The van der Waals surface area contributed by atoms with Crippen molar-refractivity contribution in [3.05, 3.63) is 100 Å². The standard InChI is InChI=1S/C43H49F7N8O5/c1-42(2,43(48,49)50)38(56-41(61)62-3)39(60)55-35(36(59)23-52-22-31-32(44)19-29(20-33(31)45)34(51)12-13-53-40(46)47)18-27-7-4-26(5-8-27)6-9-28-10-11-37(54-21-28)58-16-14-57(15-17-58)30-24-63-25-30/h4-5,7-8,10-13,19-21,30,35-36,38,40,52,59H,14-18,22-25,51H2,1-3H3,(H,55,60)(H,56,61)/t35-,36-,38+/m0/s1. The first-order valence-corrected chi connectivity index (χ1v) is 19.9. The van der Waals surface area contributed by atoms with Gasteiger partial charge in [-0.05, 0) is 68.3 Å². The molecule has 0 aliphatic carbocycles. The molecule has 2 fully saturated rings. The molecular weight excluding hydrogens is 842 g/mol. The Balaban J connectivity index is 1.28. The smallest absolute Gasteiger partial charge is 0.407 e. The minimum absolute atomic E-state index is 0.147. The van der Waals surface area contributed by atoms with Gasteiger partial charge in [-0.15, -0.1) is 0 Å². The van der Waals surface area contributed by atoms with Gasteiger partial charge in [-0.1, -0.05) is 24.0 Å². The lowest BCUT2D eigenvalue weighted by atomic mass is 9.82. The molecule has 2 amide bonds. The molecule has 13 nitrogen and oxygen atoms in total. The van der Waals surface area contributed by atoms with Gasteiger partial charge in [0.1, 0.15) is 23.5 Å². The molecule has 0 spiro atoms. The second kappa shape index (κ2) is 21.6. The van der Waals surface area contributed by atoms with Crippen molar-refractivity contribution in [1.29, 1.82) is 0 Å². The Kier molecular flexibility index (Phi) is 16.5. The molecule has 63 heavy (non-hydrogen) atoms. The van der Waals surface area contributed by atoms with E-state index < -0.39 is 78.6 Å². The van der Waals surface area contributed by atoms with Crippen LogP contribution in [0, 0.1) is 28.9 Å². The Bertz CT molecular complexity index is 2130.